The van der Waals surface area contributed by atoms with Gasteiger partial charge in [-0.1, -0.05) is 29.8 Å². The molecule has 1 aliphatic rings. The maximum absolute atomic E-state index is 12.0. The van der Waals surface area contributed by atoms with Crippen molar-refractivity contribution in [3.63, 3.8) is 0 Å². The fraction of sp³-hybridized carbons (Fsp3) is 0.267. The van der Waals surface area contributed by atoms with Crippen LogP contribution in [0.15, 0.2) is 30.5 Å². The lowest BCUT2D eigenvalue weighted by Crippen LogP contribution is -2.34. The summed E-state index contributed by atoms with van der Waals surface area (Å²) in [6.07, 6.45) is 2.41. The van der Waals surface area contributed by atoms with Gasteiger partial charge in [0.05, 0.1) is 11.6 Å². The monoisotopic (exact) mass is 367 g/mol. The molecule has 0 bridgehead atoms. The molecule has 2 aromatic rings. The second-order valence-electron chi connectivity index (χ2n) is 5.02. The van der Waals surface area contributed by atoms with Gasteiger partial charge in [-0.3, -0.25) is 9.59 Å². The Balaban J connectivity index is 1.58. The average Bonchev–Trinajstić information content (AvgIpc) is 3.11. The minimum atomic E-state index is -0.223. The fourth-order valence-corrected chi connectivity index (χ4v) is 4.11. The number of hydrogen-bond donors (Lipinski definition) is 1. The first-order valence-electron chi connectivity index (χ1n) is 6.95. The third-order valence-corrected chi connectivity index (χ3v) is 5.51. The third-order valence-electron chi connectivity index (χ3n) is 3.28. The Bertz CT molecular complexity index is 735. The quantitative estimate of drug-likeness (QED) is 0.882. The zero-order valence-electron chi connectivity index (χ0n) is 12.1. The highest BCUT2D eigenvalue weighted by molar-refractivity contribution is 8.00. The van der Waals surface area contributed by atoms with Gasteiger partial charge in [0.15, 0.2) is 5.13 Å². The number of aromatic nitrogens is 1. The van der Waals surface area contributed by atoms with E-state index in [9.17, 15) is 9.59 Å². The predicted octanol–water partition coefficient (Wildman–Crippen LogP) is 2.86. The minimum Gasteiger partial charge on any atom is -0.323 e. The Morgan fingerprint density at radius 1 is 1.39 bits per heavy atom. The Morgan fingerprint density at radius 2 is 2.22 bits per heavy atom. The van der Waals surface area contributed by atoms with Gasteiger partial charge in [0.1, 0.15) is 6.54 Å². The second kappa shape index (κ2) is 7.33. The van der Waals surface area contributed by atoms with E-state index in [1.165, 1.54) is 28.0 Å². The van der Waals surface area contributed by atoms with Crippen LogP contribution >= 0.6 is 34.7 Å². The molecule has 2 amide bonds. The van der Waals surface area contributed by atoms with Gasteiger partial charge < -0.3 is 10.2 Å². The van der Waals surface area contributed by atoms with E-state index in [4.69, 9.17) is 11.6 Å². The first kappa shape index (κ1) is 16.3. The SMILES string of the molecule is O=C(CN1CSCC1=O)Nc1ncc(Cc2ccccc2Cl)s1. The standard InChI is InChI=1S/C15H14ClN3O2S2/c16-12-4-2-1-3-10(12)5-11-6-17-15(23-11)18-13(20)7-19-9-22-8-14(19)21/h1-4,6H,5,7-9H2,(H,17,18,20). The van der Waals surface area contributed by atoms with Crippen molar-refractivity contribution in [1.29, 1.82) is 0 Å². The number of benzene rings is 1. The van der Waals surface area contributed by atoms with Gasteiger partial charge in [0.2, 0.25) is 11.8 Å². The highest BCUT2D eigenvalue weighted by Crippen LogP contribution is 2.24. The molecule has 120 valence electrons. The van der Waals surface area contributed by atoms with Crippen molar-refractivity contribution in [3.8, 4) is 0 Å². The molecule has 1 fully saturated rings. The molecular formula is C15H14ClN3O2S2. The molecule has 0 atom stereocenters. The fourth-order valence-electron chi connectivity index (χ4n) is 2.15. The van der Waals surface area contributed by atoms with E-state index in [0.717, 1.165) is 15.5 Å². The second-order valence-corrected chi connectivity index (χ2v) is 7.49. The molecule has 23 heavy (non-hydrogen) atoms. The van der Waals surface area contributed by atoms with Gasteiger partial charge in [-0.15, -0.1) is 23.1 Å². The highest BCUT2D eigenvalue weighted by Gasteiger charge is 2.23. The molecule has 0 unspecified atom stereocenters. The molecule has 1 aliphatic heterocycles. The summed E-state index contributed by atoms with van der Waals surface area (Å²) in [6, 6.07) is 7.65. The number of nitrogens with one attached hydrogen (secondary N) is 1. The first-order chi connectivity index (χ1) is 11.1. The zero-order chi connectivity index (χ0) is 16.2. The molecule has 5 nitrogen and oxygen atoms in total. The summed E-state index contributed by atoms with van der Waals surface area (Å²) in [5.41, 5.74) is 1.02. The molecule has 3 rings (SSSR count). The van der Waals surface area contributed by atoms with E-state index in [0.29, 0.717) is 23.2 Å². The van der Waals surface area contributed by atoms with Gasteiger partial charge in [0, 0.05) is 22.5 Å². The average molecular weight is 368 g/mol. The highest BCUT2D eigenvalue weighted by atomic mass is 35.5. The maximum Gasteiger partial charge on any atom is 0.245 e. The molecule has 8 heteroatoms. The number of thioether (sulfide) groups is 1. The van der Waals surface area contributed by atoms with Gasteiger partial charge >= 0.3 is 0 Å². The van der Waals surface area contributed by atoms with Crippen molar-refractivity contribution in [2.75, 3.05) is 23.5 Å². The molecule has 0 aliphatic carbocycles. The van der Waals surface area contributed by atoms with Crippen LogP contribution in [0.25, 0.3) is 0 Å². The molecule has 0 spiro atoms. The Kier molecular flexibility index (Phi) is 5.20. The van der Waals surface area contributed by atoms with E-state index in [1.54, 1.807) is 6.20 Å². The summed E-state index contributed by atoms with van der Waals surface area (Å²) >= 11 is 9.08. The van der Waals surface area contributed by atoms with Crippen LogP contribution in [0.4, 0.5) is 5.13 Å². The largest absolute Gasteiger partial charge is 0.323 e. The number of anilines is 1. The topological polar surface area (TPSA) is 62.3 Å². The van der Waals surface area contributed by atoms with Crippen molar-refractivity contribution in [2.24, 2.45) is 0 Å². The van der Waals surface area contributed by atoms with Crippen LogP contribution in [0, 0.1) is 0 Å². The van der Waals surface area contributed by atoms with E-state index in [1.807, 2.05) is 24.3 Å². The number of rotatable bonds is 5. The molecule has 1 aromatic carbocycles. The van der Waals surface area contributed by atoms with Crippen molar-refractivity contribution in [1.82, 2.24) is 9.88 Å². The van der Waals surface area contributed by atoms with Crippen molar-refractivity contribution in [2.45, 2.75) is 6.42 Å². The van der Waals surface area contributed by atoms with Crippen LogP contribution in [0.5, 0.6) is 0 Å². The van der Waals surface area contributed by atoms with Gasteiger partial charge in [0.25, 0.3) is 0 Å². The number of carbonyl (C=O) groups is 2. The van der Waals surface area contributed by atoms with Crippen LogP contribution < -0.4 is 5.32 Å². The van der Waals surface area contributed by atoms with Crippen LogP contribution in [-0.2, 0) is 16.0 Å². The zero-order valence-corrected chi connectivity index (χ0v) is 14.5. The Hall–Kier alpha value is -1.57. The van der Waals surface area contributed by atoms with Gasteiger partial charge in [-0.25, -0.2) is 4.98 Å². The summed E-state index contributed by atoms with van der Waals surface area (Å²) < 4.78 is 0. The number of thiazole rings is 1. The molecule has 1 saturated heterocycles. The number of carbonyl (C=O) groups excluding carboxylic acids is 2. The van der Waals surface area contributed by atoms with E-state index >= 15 is 0 Å². The summed E-state index contributed by atoms with van der Waals surface area (Å²) in [5.74, 6) is 0.803. The molecule has 0 saturated carbocycles. The molecule has 0 radical (unpaired) electrons. The Morgan fingerprint density at radius 3 is 2.96 bits per heavy atom. The van der Waals surface area contributed by atoms with Crippen LogP contribution in [-0.4, -0.2) is 39.9 Å². The third kappa shape index (κ3) is 4.25. The summed E-state index contributed by atoms with van der Waals surface area (Å²) in [7, 11) is 0. The van der Waals surface area contributed by atoms with E-state index in [2.05, 4.69) is 10.3 Å². The van der Waals surface area contributed by atoms with Crippen LogP contribution in [0.1, 0.15) is 10.4 Å². The molecule has 1 aromatic heterocycles. The maximum atomic E-state index is 12.0. The first-order valence-corrected chi connectivity index (χ1v) is 9.30. The lowest BCUT2D eigenvalue weighted by molar-refractivity contribution is -0.130. The van der Waals surface area contributed by atoms with Gasteiger partial charge in [-0.05, 0) is 11.6 Å². The Labute approximate surface area is 147 Å². The normalized spacial score (nSPS) is 14.3. The van der Waals surface area contributed by atoms with Crippen LogP contribution in [0.2, 0.25) is 5.02 Å². The van der Waals surface area contributed by atoms with Crippen LogP contribution in [0.3, 0.4) is 0 Å². The summed E-state index contributed by atoms with van der Waals surface area (Å²) in [6.45, 7) is 0.0747. The van der Waals surface area contributed by atoms with E-state index in [-0.39, 0.29) is 18.4 Å². The van der Waals surface area contributed by atoms with Gasteiger partial charge in [-0.2, -0.15) is 0 Å². The molecular weight excluding hydrogens is 354 g/mol. The van der Waals surface area contributed by atoms with Crippen molar-refractivity contribution < 1.29 is 9.59 Å². The number of halogens is 1. The minimum absolute atomic E-state index is 0.00342. The van der Waals surface area contributed by atoms with Crippen molar-refractivity contribution >= 4 is 51.6 Å². The predicted molar refractivity (Wildman–Crippen MR) is 94.0 cm³/mol. The summed E-state index contributed by atoms with van der Waals surface area (Å²) in [4.78, 5) is 30.2. The summed E-state index contributed by atoms with van der Waals surface area (Å²) in [5, 5.41) is 4.00. The lowest BCUT2D eigenvalue weighted by Gasteiger charge is -2.12. The lowest BCUT2D eigenvalue weighted by atomic mass is 10.1. The van der Waals surface area contributed by atoms with Crippen molar-refractivity contribution in [3.05, 3.63) is 45.9 Å². The molecule has 1 N–H and O–H groups in total. The molecule has 2 heterocycles. The smallest absolute Gasteiger partial charge is 0.245 e. The number of nitrogens with zero attached hydrogens (tertiary/aromatic N) is 2. The number of amides is 2. The van der Waals surface area contributed by atoms with E-state index < -0.39 is 0 Å². The number of hydrogen-bond acceptors (Lipinski definition) is 5.